The van der Waals surface area contributed by atoms with Gasteiger partial charge in [-0.25, -0.2) is 4.98 Å². The van der Waals surface area contributed by atoms with Crippen LogP contribution in [0.25, 0.3) is 22.6 Å². The predicted molar refractivity (Wildman–Crippen MR) is 113 cm³/mol. The standard InChI is InChI=1S/C22H16Cl2N2O2/c1-12-9-19-20(10-13(12)2)28-22(26-19)16-11-14(7-8-18(16)24)25-21(27)15-5-3-4-6-17(15)23/h3-11H,1-2H3,(H,25,27). The minimum atomic E-state index is -0.303. The second kappa shape index (κ2) is 7.30. The van der Waals surface area contributed by atoms with Gasteiger partial charge < -0.3 is 9.73 Å². The number of halogens is 2. The summed E-state index contributed by atoms with van der Waals surface area (Å²) in [6.07, 6.45) is 0. The number of anilines is 1. The van der Waals surface area contributed by atoms with Crippen molar-refractivity contribution in [2.75, 3.05) is 5.32 Å². The van der Waals surface area contributed by atoms with Crippen LogP contribution < -0.4 is 5.32 Å². The molecule has 1 N–H and O–H groups in total. The van der Waals surface area contributed by atoms with Gasteiger partial charge in [0.05, 0.1) is 21.2 Å². The molecule has 0 aliphatic heterocycles. The number of amides is 1. The highest BCUT2D eigenvalue weighted by atomic mass is 35.5. The van der Waals surface area contributed by atoms with Crippen LogP contribution in [0.3, 0.4) is 0 Å². The Kier molecular flexibility index (Phi) is 4.84. The van der Waals surface area contributed by atoms with Crippen LogP contribution in [0.15, 0.2) is 59.0 Å². The van der Waals surface area contributed by atoms with Crippen molar-refractivity contribution in [3.05, 3.63) is 81.3 Å². The Labute approximate surface area is 172 Å². The second-order valence-corrected chi connectivity index (χ2v) is 7.37. The Hall–Kier alpha value is -2.82. The Morgan fingerprint density at radius 1 is 0.964 bits per heavy atom. The van der Waals surface area contributed by atoms with Crippen molar-refractivity contribution in [2.45, 2.75) is 13.8 Å². The largest absolute Gasteiger partial charge is 0.436 e. The highest BCUT2D eigenvalue weighted by Gasteiger charge is 2.15. The molecular weight excluding hydrogens is 395 g/mol. The second-order valence-electron chi connectivity index (χ2n) is 6.55. The number of nitrogens with zero attached hydrogens (tertiary/aromatic N) is 1. The van der Waals surface area contributed by atoms with Crippen LogP contribution in [-0.4, -0.2) is 10.9 Å². The number of hydrogen-bond donors (Lipinski definition) is 1. The minimum absolute atomic E-state index is 0.303. The lowest BCUT2D eigenvalue weighted by Crippen LogP contribution is -2.12. The molecule has 0 radical (unpaired) electrons. The summed E-state index contributed by atoms with van der Waals surface area (Å²) in [6, 6.07) is 16.0. The van der Waals surface area contributed by atoms with Crippen molar-refractivity contribution in [1.82, 2.24) is 4.98 Å². The van der Waals surface area contributed by atoms with Crippen molar-refractivity contribution in [3.8, 4) is 11.5 Å². The molecule has 0 saturated carbocycles. The minimum Gasteiger partial charge on any atom is -0.436 e. The van der Waals surface area contributed by atoms with Gasteiger partial charge in [-0.1, -0.05) is 35.3 Å². The van der Waals surface area contributed by atoms with E-state index in [1.165, 1.54) is 0 Å². The highest BCUT2D eigenvalue weighted by molar-refractivity contribution is 6.34. The molecule has 4 nitrogen and oxygen atoms in total. The van der Waals surface area contributed by atoms with Gasteiger partial charge in [-0.15, -0.1) is 0 Å². The molecule has 3 aromatic carbocycles. The Balaban J connectivity index is 1.70. The van der Waals surface area contributed by atoms with Crippen molar-refractivity contribution < 1.29 is 9.21 Å². The van der Waals surface area contributed by atoms with Crippen LogP contribution in [-0.2, 0) is 0 Å². The fraction of sp³-hybridized carbons (Fsp3) is 0.0909. The predicted octanol–water partition coefficient (Wildman–Crippen LogP) is 6.67. The molecule has 0 fully saturated rings. The summed E-state index contributed by atoms with van der Waals surface area (Å²) < 4.78 is 5.91. The van der Waals surface area contributed by atoms with E-state index in [0.717, 1.165) is 16.6 Å². The number of nitrogens with one attached hydrogen (secondary N) is 1. The van der Waals surface area contributed by atoms with E-state index in [9.17, 15) is 4.79 Å². The number of aromatic nitrogens is 1. The van der Waals surface area contributed by atoms with Gasteiger partial charge in [0.1, 0.15) is 5.52 Å². The zero-order valence-corrected chi connectivity index (χ0v) is 16.7. The summed E-state index contributed by atoms with van der Waals surface area (Å²) in [5.41, 5.74) is 5.29. The van der Waals surface area contributed by atoms with Crippen molar-refractivity contribution >= 4 is 45.9 Å². The Bertz CT molecular complexity index is 1180. The highest BCUT2D eigenvalue weighted by Crippen LogP contribution is 2.33. The normalized spacial score (nSPS) is 11.0. The zero-order valence-electron chi connectivity index (χ0n) is 15.2. The summed E-state index contributed by atoms with van der Waals surface area (Å²) in [4.78, 5) is 17.1. The molecule has 28 heavy (non-hydrogen) atoms. The molecule has 0 atom stereocenters. The van der Waals surface area contributed by atoms with E-state index >= 15 is 0 Å². The summed E-state index contributed by atoms with van der Waals surface area (Å²) in [6.45, 7) is 4.05. The number of carbonyl (C=O) groups excluding carboxylic acids is 1. The summed E-state index contributed by atoms with van der Waals surface area (Å²) in [5.74, 6) is 0.0986. The maximum Gasteiger partial charge on any atom is 0.257 e. The van der Waals surface area contributed by atoms with Crippen LogP contribution in [0, 0.1) is 13.8 Å². The number of oxazole rings is 1. The van der Waals surface area contributed by atoms with E-state index in [1.54, 1.807) is 42.5 Å². The molecule has 1 heterocycles. The lowest BCUT2D eigenvalue weighted by Gasteiger charge is -2.08. The first-order valence-corrected chi connectivity index (χ1v) is 9.41. The van der Waals surface area contributed by atoms with E-state index in [2.05, 4.69) is 10.3 Å². The van der Waals surface area contributed by atoms with Crippen molar-refractivity contribution in [3.63, 3.8) is 0 Å². The van der Waals surface area contributed by atoms with Gasteiger partial charge in [-0.2, -0.15) is 0 Å². The number of aryl methyl sites for hydroxylation is 2. The molecule has 0 aliphatic carbocycles. The van der Waals surface area contributed by atoms with Crippen LogP contribution >= 0.6 is 23.2 Å². The maximum atomic E-state index is 12.5. The molecule has 0 saturated heterocycles. The van der Waals surface area contributed by atoms with Crippen molar-refractivity contribution in [1.29, 1.82) is 0 Å². The molecule has 1 aromatic heterocycles. The quantitative estimate of drug-likeness (QED) is 0.410. The molecule has 0 unspecified atom stereocenters. The molecule has 1 amide bonds. The van der Waals surface area contributed by atoms with E-state index in [4.69, 9.17) is 27.6 Å². The number of benzene rings is 3. The van der Waals surface area contributed by atoms with Crippen LogP contribution in [0.5, 0.6) is 0 Å². The van der Waals surface area contributed by atoms with Gasteiger partial charge in [0, 0.05) is 5.69 Å². The van der Waals surface area contributed by atoms with Crippen molar-refractivity contribution in [2.24, 2.45) is 0 Å². The fourth-order valence-corrected chi connectivity index (χ4v) is 3.33. The summed E-state index contributed by atoms with van der Waals surface area (Å²) in [7, 11) is 0. The number of hydrogen-bond acceptors (Lipinski definition) is 3. The molecular formula is C22H16Cl2N2O2. The smallest absolute Gasteiger partial charge is 0.257 e. The third-order valence-electron chi connectivity index (χ3n) is 4.58. The lowest BCUT2D eigenvalue weighted by molar-refractivity contribution is 0.102. The first-order valence-electron chi connectivity index (χ1n) is 8.66. The van der Waals surface area contributed by atoms with Crippen LogP contribution in [0.2, 0.25) is 10.0 Å². The van der Waals surface area contributed by atoms with Gasteiger partial charge in [0.25, 0.3) is 5.91 Å². The van der Waals surface area contributed by atoms with E-state index in [0.29, 0.717) is 38.3 Å². The van der Waals surface area contributed by atoms with E-state index in [-0.39, 0.29) is 5.91 Å². The first-order chi connectivity index (χ1) is 13.4. The number of carbonyl (C=O) groups is 1. The van der Waals surface area contributed by atoms with Crippen LogP contribution in [0.1, 0.15) is 21.5 Å². The molecule has 4 rings (SSSR count). The van der Waals surface area contributed by atoms with Crippen LogP contribution in [0.4, 0.5) is 5.69 Å². The summed E-state index contributed by atoms with van der Waals surface area (Å²) in [5, 5.41) is 3.71. The molecule has 0 spiro atoms. The van der Waals surface area contributed by atoms with Gasteiger partial charge in [0.2, 0.25) is 5.89 Å². The van der Waals surface area contributed by atoms with E-state index < -0.39 is 0 Å². The van der Waals surface area contributed by atoms with Gasteiger partial charge in [-0.3, -0.25) is 4.79 Å². The first kappa shape index (κ1) is 18.5. The van der Waals surface area contributed by atoms with E-state index in [1.807, 2.05) is 26.0 Å². The monoisotopic (exact) mass is 410 g/mol. The molecule has 4 aromatic rings. The number of rotatable bonds is 3. The Morgan fingerprint density at radius 3 is 2.50 bits per heavy atom. The number of fused-ring (bicyclic) bond motifs is 1. The zero-order chi connectivity index (χ0) is 19.8. The molecule has 6 heteroatoms. The lowest BCUT2D eigenvalue weighted by atomic mass is 10.1. The fourth-order valence-electron chi connectivity index (χ4n) is 2.91. The molecule has 140 valence electrons. The van der Waals surface area contributed by atoms with Gasteiger partial charge >= 0.3 is 0 Å². The Morgan fingerprint density at radius 2 is 1.71 bits per heavy atom. The average molecular weight is 411 g/mol. The molecule has 0 bridgehead atoms. The molecule has 0 aliphatic rings. The summed E-state index contributed by atoms with van der Waals surface area (Å²) >= 11 is 12.5. The van der Waals surface area contributed by atoms with Gasteiger partial charge in [-0.05, 0) is 67.4 Å². The topological polar surface area (TPSA) is 55.1 Å². The third kappa shape index (κ3) is 3.49. The van der Waals surface area contributed by atoms with Gasteiger partial charge in [0.15, 0.2) is 5.58 Å². The average Bonchev–Trinajstić information content (AvgIpc) is 3.06. The SMILES string of the molecule is Cc1cc2nc(-c3cc(NC(=O)c4ccccc4Cl)ccc3Cl)oc2cc1C. The third-order valence-corrected chi connectivity index (χ3v) is 5.24. The maximum absolute atomic E-state index is 12.5.